The van der Waals surface area contributed by atoms with Gasteiger partial charge in [0.15, 0.2) is 5.75 Å². The van der Waals surface area contributed by atoms with Crippen molar-refractivity contribution in [3.8, 4) is 11.5 Å². The van der Waals surface area contributed by atoms with Crippen LogP contribution in [0, 0.1) is 0 Å². The Bertz CT molecular complexity index is 1080. The summed E-state index contributed by atoms with van der Waals surface area (Å²) in [5.74, 6) is 0.930. The van der Waals surface area contributed by atoms with Crippen LogP contribution in [0.15, 0.2) is 52.7 Å². The number of benzene rings is 2. The molecule has 9 nitrogen and oxygen atoms in total. The van der Waals surface area contributed by atoms with E-state index >= 15 is 0 Å². The first-order valence-corrected chi connectivity index (χ1v) is 9.23. The van der Waals surface area contributed by atoms with Crippen molar-refractivity contribution in [3.05, 3.63) is 42.5 Å². The van der Waals surface area contributed by atoms with E-state index in [0.29, 0.717) is 11.7 Å². The predicted molar refractivity (Wildman–Crippen MR) is 97.8 cm³/mol. The molecule has 0 amide bonds. The fourth-order valence-corrected chi connectivity index (χ4v) is 3.04. The fourth-order valence-electron chi connectivity index (χ4n) is 2.62. The van der Waals surface area contributed by atoms with Crippen LogP contribution in [0.25, 0.3) is 11.0 Å². The van der Waals surface area contributed by atoms with Crippen molar-refractivity contribution in [2.45, 2.75) is 0 Å². The van der Waals surface area contributed by atoms with Crippen molar-refractivity contribution in [3.63, 3.8) is 0 Å². The number of hydrogen-bond acceptors (Lipinski definition) is 7. The van der Waals surface area contributed by atoms with Gasteiger partial charge in [-0.05, 0) is 24.3 Å². The van der Waals surface area contributed by atoms with Gasteiger partial charge >= 0.3 is 16.3 Å². The highest BCUT2D eigenvalue weighted by Gasteiger charge is 2.20. The molecule has 1 heterocycles. The summed E-state index contributed by atoms with van der Waals surface area (Å²) in [5, 5.41) is 8.45. The highest BCUT2D eigenvalue weighted by molar-refractivity contribution is 7.82. The van der Waals surface area contributed by atoms with Gasteiger partial charge in [-0.25, -0.2) is 13.3 Å². The van der Waals surface area contributed by atoms with E-state index in [9.17, 15) is 8.42 Å². The molecule has 0 fully saturated rings. The van der Waals surface area contributed by atoms with Gasteiger partial charge in [-0.2, -0.15) is 8.42 Å². The Balaban J connectivity index is 2.05. The van der Waals surface area contributed by atoms with Crippen LogP contribution in [0.5, 0.6) is 11.5 Å². The Morgan fingerprint density at radius 1 is 1.07 bits per heavy atom. The van der Waals surface area contributed by atoms with Crippen LogP contribution < -0.4 is 13.5 Å². The zero-order valence-corrected chi connectivity index (χ0v) is 16.1. The quantitative estimate of drug-likeness (QED) is 0.476. The fraction of sp³-hybridized carbons (Fsp3) is 0.235. The molecule has 0 aliphatic rings. The van der Waals surface area contributed by atoms with Crippen molar-refractivity contribution in [2.75, 3.05) is 14.2 Å². The molecule has 0 aliphatic heterocycles. The van der Waals surface area contributed by atoms with Gasteiger partial charge in [-0.15, -0.1) is 0 Å². The van der Waals surface area contributed by atoms with E-state index in [1.807, 2.05) is 47.5 Å². The third-order valence-corrected chi connectivity index (χ3v) is 4.81. The molecule has 10 heteroatoms. The molecule has 0 N–H and O–H groups in total. The van der Waals surface area contributed by atoms with E-state index in [-0.39, 0.29) is 11.4 Å². The Hall–Kier alpha value is -2.98. The van der Waals surface area contributed by atoms with E-state index in [0.717, 1.165) is 18.1 Å². The molecule has 0 unspecified atom stereocenters. The molecule has 3 aromatic rings. The number of methoxy groups -OCH3 is 1. The van der Waals surface area contributed by atoms with Crippen LogP contribution in [0.1, 0.15) is 0 Å². The van der Waals surface area contributed by atoms with Crippen molar-refractivity contribution >= 4 is 33.1 Å². The standard InChI is InChI=1S/C17H19N4O5S/c1-20-14-7-5-6-8-15(14)21(2)17(20)19-18-13-10-9-12(24-3)11-16(13)26-27(22,23)25-4/h5-11H,1-4H3/q+1. The smallest absolute Gasteiger partial charge is 0.448 e. The molecule has 0 atom stereocenters. The lowest BCUT2D eigenvalue weighted by Crippen LogP contribution is -2.26. The van der Waals surface area contributed by atoms with Crippen molar-refractivity contribution in [1.82, 2.24) is 4.57 Å². The number of aryl methyl sites for hydroxylation is 2. The summed E-state index contributed by atoms with van der Waals surface area (Å²) < 4.78 is 41.5. The van der Waals surface area contributed by atoms with Gasteiger partial charge < -0.3 is 8.92 Å². The number of rotatable bonds is 6. The van der Waals surface area contributed by atoms with Crippen LogP contribution in [0.3, 0.4) is 0 Å². The number of hydrogen-bond donors (Lipinski definition) is 0. The topological polar surface area (TPSA) is 95.4 Å². The minimum absolute atomic E-state index is 0.0543. The normalized spacial score (nSPS) is 12.0. The minimum Gasteiger partial charge on any atom is -0.497 e. The number of nitrogens with zero attached hydrogens (tertiary/aromatic N) is 4. The Labute approximate surface area is 156 Å². The Morgan fingerprint density at radius 3 is 2.48 bits per heavy atom. The third-order valence-electron chi connectivity index (χ3n) is 4.01. The summed E-state index contributed by atoms with van der Waals surface area (Å²) in [6.45, 7) is 0. The van der Waals surface area contributed by atoms with Gasteiger partial charge in [-0.3, -0.25) is 0 Å². The van der Waals surface area contributed by atoms with Crippen LogP contribution in [0.2, 0.25) is 0 Å². The van der Waals surface area contributed by atoms with Crippen LogP contribution in [-0.2, 0) is 28.7 Å². The first-order valence-electron chi connectivity index (χ1n) is 7.89. The molecule has 142 valence electrons. The number of aromatic nitrogens is 2. The van der Waals surface area contributed by atoms with E-state index in [4.69, 9.17) is 8.92 Å². The number of imidazole rings is 1. The van der Waals surface area contributed by atoms with Crippen molar-refractivity contribution in [1.29, 1.82) is 0 Å². The van der Waals surface area contributed by atoms with Gasteiger partial charge in [0.2, 0.25) is 0 Å². The number of fused-ring (bicyclic) bond motifs is 1. The van der Waals surface area contributed by atoms with Crippen LogP contribution >= 0.6 is 0 Å². The lowest BCUT2D eigenvalue weighted by Gasteiger charge is -2.07. The number of azo groups is 1. The average Bonchev–Trinajstić information content (AvgIpc) is 2.91. The van der Waals surface area contributed by atoms with Crippen LogP contribution in [0.4, 0.5) is 11.6 Å². The third kappa shape index (κ3) is 3.76. The molecule has 0 radical (unpaired) electrons. The maximum Gasteiger partial charge on any atom is 0.448 e. The summed E-state index contributed by atoms with van der Waals surface area (Å²) in [5.41, 5.74) is 2.19. The molecular weight excluding hydrogens is 372 g/mol. The van der Waals surface area contributed by atoms with E-state index in [1.54, 1.807) is 12.1 Å². The molecule has 3 rings (SSSR count). The zero-order chi connectivity index (χ0) is 19.6. The van der Waals surface area contributed by atoms with E-state index < -0.39 is 10.4 Å². The monoisotopic (exact) mass is 391 g/mol. The SMILES string of the molecule is COc1ccc(N=Nc2n(C)c3ccccc3[n+]2C)c(OS(=O)(=O)OC)c1. The van der Waals surface area contributed by atoms with Gasteiger partial charge in [0.25, 0.3) is 0 Å². The zero-order valence-electron chi connectivity index (χ0n) is 15.3. The lowest BCUT2D eigenvalue weighted by atomic mass is 10.3. The molecular formula is C17H19N4O5S+. The summed E-state index contributed by atoms with van der Waals surface area (Å²) >= 11 is 0. The Kier molecular flexibility index (Phi) is 5.10. The highest BCUT2D eigenvalue weighted by atomic mass is 32.3. The van der Waals surface area contributed by atoms with Crippen molar-refractivity contribution in [2.24, 2.45) is 24.3 Å². The van der Waals surface area contributed by atoms with Gasteiger partial charge in [0, 0.05) is 11.2 Å². The summed E-state index contributed by atoms with van der Waals surface area (Å²) in [4.78, 5) is 0. The van der Waals surface area contributed by atoms with Gasteiger partial charge in [0.05, 0.1) is 28.3 Å². The molecule has 0 spiro atoms. The lowest BCUT2D eigenvalue weighted by molar-refractivity contribution is -0.632. The minimum atomic E-state index is -4.21. The molecule has 0 saturated heterocycles. The molecule has 0 saturated carbocycles. The molecule has 0 aliphatic carbocycles. The second kappa shape index (κ2) is 7.33. The van der Waals surface area contributed by atoms with E-state index in [2.05, 4.69) is 14.4 Å². The van der Waals surface area contributed by atoms with Crippen molar-refractivity contribution < 1.29 is 26.1 Å². The average molecular weight is 391 g/mol. The largest absolute Gasteiger partial charge is 0.497 e. The van der Waals surface area contributed by atoms with Gasteiger partial charge in [0.1, 0.15) is 22.5 Å². The molecule has 1 aromatic heterocycles. The first-order chi connectivity index (χ1) is 12.9. The second-order valence-electron chi connectivity index (χ2n) is 5.60. The second-order valence-corrected chi connectivity index (χ2v) is 6.92. The maximum absolute atomic E-state index is 11.7. The predicted octanol–water partition coefficient (Wildman–Crippen LogP) is 2.70. The first kappa shape index (κ1) is 18.8. The summed E-state index contributed by atoms with van der Waals surface area (Å²) in [6, 6.07) is 12.4. The maximum atomic E-state index is 11.7. The molecule has 27 heavy (non-hydrogen) atoms. The van der Waals surface area contributed by atoms with Crippen LogP contribution in [-0.4, -0.2) is 27.2 Å². The van der Waals surface area contributed by atoms with E-state index in [1.165, 1.54) is 13.2 Å². The summed E-state index contributed by atoms with van der Waals surface area (Å²) in [7, 11) is 2.00. The number of ether oxygens (including phenoxy) is 1. The molecule has 0 bridgehead atoms. The van der Waals surface area contributed by atoms with Gasteiger partial charge in [-0.1, -0.05) is 17.2 Å². The summed E-state index contributed by atoms with van der Waals surface area (Å²) in [6.07, 6.45) is 0. The highest BCUT2D eigenvalue weighted by Crippen LogP contribution is 2.34. The number of para-hydroxylation sites is 2. The Morgan fingerprint density at radius 2 is 1.81 bits per heavy atom. The molecule has 2 aromatic carbocycles.